The standard InChI is InChI=1S/C12H14O3/c1-4-6-7-11-10(12(13)14-3)8-9(5-2)15-11/h1,5,9H,2,6-8H2,3H3. The first-order valence-corrected chi connectivity index (χ1v) is 4.76. The molecular weight excluding hydrogens is 192 g/mol. The maximum absolute atomic E-state index is 11.4. The molecule has 0 aliphatic carbocycles. The van der Waals surface area contributed by atoms with Gasteiger partial charge < -0.3 is 9.47 Å². The average Bonchev–Trinajstić information content (AvgIpc) is 2.68. The fourth-order valence-corrected chi connectivity index (χ4v) is 1.46. The van der Waals surface area contributed by atoms with Gasteiger partial charge in [0.2, 0.25) is 0 Å². The second kappa shape index (κ2) is 5.26. The third-order valence-electron chi connectivity index (χ3n) is 2.23. The first-order chi connectivity index (χ1) is 7.22. The zero-order valence-corrected chi connectivity index (χ0v) is 8.79. The van der Waals surface area contributed by atoms with Crippen LogP contribution in [0, 0.1) is 12.3 Å². The molecule has 80 valence electrons. The number of allylic oxidation sites excluding steroid dienone is 1. The van der Waals surface area contributed by atoms with Crippen molar-refractivity contribution in [3.8, 4) is 12.3 Å². The van der Waals surface area contributed by atoms with Crippen molar-refractivity contribution in [2.75, 3.05) is 7.11 Å². The molecule has 3 nitrogen and oxygen atoms in total. The van der Waals surface area contributed by atoms with Crippen LogP contribution in [0.2, 0.25) is 0 Å². The molecule has 0 saturated heterocycles. The van der Waals surface area contributed by atoms with Crippen LogP contribution in [0.15, 0.2) is 24.0 Å². The Bertz CT molecular complexity index is 333. The topological polar surface area (TPSA) is 35.5 Å². The van der Waals surface area contributed by atoms with Crippen LogP contribution in [0.3, 0.4) is 0 Å². The summed E-state index contributed by atoms with van der Waals surface area (Å²) < 4.78 is 10.2. The number of methoxy groups -OCH3 is 1. The quantitative estimate of drug-likeness (QED) is 0.400. The molecule has 0 fully saturated rings. The van der Waals surface area contributed by atoms with Gasteiger partial charge in [0, 0.05) is 19.3 Å². The van der Waals surface area contributed by atoms with E-state index < -0.39 is 0 Å². The molecule has 1 rings (SSSR count). The molecule has 1 unspecified atom stereocenters. The zero-order chi connectivity index (χ0) is 11.3. The summed E-state index contributed by atoms with van der Waals surface area (Å²) >= 11 is 0. The summed E-state index contributed by atoms with van der Waals surface area (Å²) in [6.45, 7) is 3.63. The van der Waals surface area contributed by atoms with E-state index in [9.17, 15) is 4.79 Å². The van der Waals surface area contributed by atoms with E-state index in [2.05, 4.69) is 17.2 Å². The average molecular weight is 206 g/mol. The second-order valence-corrected chi connectivity index (χ2v) is 3.19. The monoisotopic (exact) mass is 206 g/mol. The summed E-state index contributed by atoms with van der Waals surface area (Å²) in [5.74, 6) is 2.81. The Hall–Kier alpha value is -1.69. The van der Waals surface area contributed by atoms with E-state index in [1.165, 1.54) is 7.11 Å². The maximum Gasteiger partial charge on any atom is 0.337 e. The van der Waals surface area contributed by atoms with Crippen molar-refractivity contribution in [2.24, 2.45) is 0 Å². The normalized spacial score (nSPS) is 19.3. The minimum absolute atomic E-state index is 0.133. The molecule has 0 radical (unpaired) electrons. The Morgan fingerprint density at radius 1 is 1.87 bits per heavy atom. The number of carbonyl (C=O) groups is 1. The van der Waals surface area contributed by atoms with Crippen LogP contribution in [-0.4, -0.2) is 19.2 Å². The SMILES string of the molecule is C#CCCC1=C(C(=O)OC)CC(C=C)O1. The van der Waals surface area contributed by atoms with Crippen LogP contribution in [0.4, 0.5) is 0 Å². The molecule has 0 amide bonds. The number of rotatable bonds is 4. The third-order valence-corrected chi connectivity index (χ3v) is 2.23. The van der Waals surface area contributed by atoms with Crippen LogP contribution in [0.25, 0.3) is 0 Å². The number of hydrogen-bond acceptors (Lipinski definition) is 3. The Labute approximate surface area is 89.8 Å². The van der Waals surface area contributed by atoms with Crippen molar-refractivity contribution in [2.45, 2.75) is 25.4 Å². The summed E-state index contributed by atoms with van der Waals surface area (Å²) in [5, 5.41) is 0. The van der Waals surface area contributed by atoms with Gasteiger partial charge >= 0.3 is 5.97 Å². The van der Waals surface area contributed by atoms with Gasteiger partial charge in [-0.1, -0.05) is 12.7 Å². The Morgan fingerprint density at radius 2 is 2.60 bits per heavy atom. The summed E-state index contributed by atoms with van der Waals surface area (Å²) in [6.07, 6.45) is 8.36. The first kappa shape index (κ1) is 11.4. The van der Waals surface area contributed by atoms with Gasteiger partial charge in [-0.3, -0.25) is 0 Å². The number of hydrogen-bond donors (Lipinski definition) is 0. The molecule has 1 atom stereocenters. The van der Waals surface area contributed by atoms with Gasteiger partial charge in [-0.15, -0.1) is 12.3 Å². The molecule has 0 aromatic heterocycles. The van der Waals surface area contributed by atoms with Crippen molar-refractivity contribution in [3.63, 3.8) is 0 Å². The summed E-state index contributed by atoms with van der Waals surface area (Å²) in [5.41, 5.74) is 0.581. The van der Waals surface area contributed by atoms with Crippen LogP contribution >= 0.6 is 0 Å². The second-order valence-electron chi connectivity index (χ2n) is 3.19. The van der Waals surface area contributed by atoms with Crippen LogP contribution in [0.5, 0.6) is 0 Å². The number of carbonyl (C=O) groups excluding carboxylic acids is 1. The molecule has 0 saturated carbocycles. The Balaban J connectivity index is 2.77. The minimum atomic E-state index is -0.341. The van der Waals surface area contributed by atoms with Crippen LogP contribution in [-0.2, 0) is 14.3 Å². The zero-order valence-electron chi connectivity index (χ0n) is 8.79. The lowest BCUT2D eigenvalue weighted by Crippen LogP contribution is -2.06. The fraction of sp³-hybridized carbons (Fsp3) is 0.417. The minimum Gasteiger partial charge on any atom is -0.490 e. The molecule has 3 heteroatoms. The highest BCUT2D eigenvalue weighted by molar-refractivity contribution is 5.89. The Morgan fingerprint density at radius 3 is 3.13 bits per heavy atom. The summed E-state index contributed by atoms with van der Waals surface area (Å²) in [6, 6.07) is 0. The fourth-order valence-electron chi connectivity index (χ4n) is 1.46. The van der Waals surface area contributed by atoms with Gasteiger partial charge in [-0.2, -0.15) is 0 Å². The molecular formula is C12H14O3. The number of terminal acetylenes is 1. The van der Waals surface area contributed by atoms with Gasteiger partial charge in [0.25, 0.3) is 0 Å². The van der Waals surface area contributed by atoms with Crippen molar-refractivity contribution < 1.29 is 14.3 Å². The lowest BCUT2D eigenvalue weighted by atomic mass is 10.1. The van der Waals surface area contributed by atoms with E-state index in [0.29, 0.717) is 30.6 Å². The van der Waals surface area contributed by atoms with E-state index in [1.54, 1.807) is 6.08 Å². The van der Waals surface area contributed by atoms with Crippen molar-refractivity contribution in [1.82, 2.24) is 0 Å². The predicted molar refractivity (Wildman–Crippen MR) is 56.8 cm³/mol. The molecule has 0 bridgehead atoms. The molecule has 1 aliphatic heterocycles. The molecule has 0 N–H and O–H groups in total. The van der Waals surface area contributed by atoms with Crippen molar-refractivity contribution in [3.05, 3.63) is 24.0 Å². The smallest absolute Gasteiger partial charge is 0.337 e. The summed E-state index contributed by atoms with van der Waals surface area (Å²) in [4.78, 5) is 11.4. The predicted octanol–water partition coefficient (Wildman–Crippen LogP) is 1.80. The molecule has 15 heavy (non-hydrogen) atoms. The number of esters is 1. The van der Waals surface area contributed by atoms with Gasteiger partial charge in [0.1, 0.15) is 11.9 Å². The van der Waals surface area contributed by atoms with Gasteiger partial charge in [-0.05, 0) is 0 Å². The van der Waals surface area contributed by atoms with Crippen molar-refractivity contribution in [1.29, 1.82) is 0 Å². The maximum atomic E-state index is 11.4. The van der Waals surface area contributed by atoms with Gasteiger partial charge in [-0.25, -0.2) is 4.79 Å². The third kappa shape index (κ3) is 2.63. The van der Waals surface area contributed by atoms with E-state index >= 15 is 0 Å². The highest BCUT2D eigenvalue weighted by atomic mass is 16.5. The largest absolute Gasteiger partial charge is 0.490 e. The molecule has 0 spiro atoms. The van der Waals surface area contributed by atoms with Crippen LogP contribution in [0.1, 0.15) is 19.3 Å². The lowest BCUT2D eigenvalue weighted by molar-refractivity contribution is -0.136. The number of ether oxygens (including phenoxy) is 2. The highest BCUT2D eigenvalue weighted by Gasteiger charge is 2.28. The lowest BCUT2D eigenvalue weighted by Gasteiger charge is -2.06. The highest BCUT2D eigenvalue weighted by Crippen LogP contribution is 2.29. The Kier molecular flexibility index (Phi) is 3.99. The summed E-state index contributed by atoms with van der Waals surface area (Å²) in [7, 11) is 1.36. The van der Waals surface area contributed by atoms with Gasteiger partial charge in [0.15, 0.2) is 0 Å². The van der Waals surface area contributed by atoms with E-state index in [4.69, 9.17) is 11.2 Å². The molecule has 1 heterocycles. The van der Waals surface area contributed by atoms with Gasteiger partial charge in [0.05, 0.1) is 12.7 Å². The van der Waals surface area contributed by atoms with Crippen molar-refractivity contribution >= 4 is 5.97 Å². The molecule has 0 aromatic carbocycles. The molecule has 0 aromatic rings. The van der Waals surface area contributed by atoms with Crippen LogP contribution < -0.4 is 0 Å². The first-order valence-electron chi connectivity index (χ1n) is 4.76. The molecule has 1 aliphatic rings. The van der Waals surface area contributed by atoms with E-state index in [1.807, 2.05) is 0 Å². The van der Waals surface area contributed by atoms with E-state index in [-0.39, 0.29) is 12.1 Å². The van der Waals surface area contributed by atoms with E-state index in [0.717, 1.165) is 0 Å².